The van der Waals surface area contributed by atoms with Gasteiger partial charge in [-0.2, -0.15) is 5.26 Å². The SMILES string of the molecule is CC(C)(C)NCc1ccc(Sc2cnccn2)c(C#N)c1. The maximum Gasteiger partial charge on any atom is 0.119 e. The van der Waals surface area contributed by atoms with Crippen LogP contribution in [0.3, 0.4) is 0 Å². The summed E-state index contributed by atoms with van der Waals surface area (Å²) in [5.41, 5.74) is 1.82. The Kier molecular flexibility index (Phi) is 4.94. The first-order chi connectivity index (χ1) is 9.98. The zero-order valence-corrected chi connectivity index (χ0v) is 13.2. The molecule has 4 nitrogen and oxygen atoms in total. The Morgan fingerprint density at radius 2 is 2.10 bits per heavy atom. The van der Waals surface area contributed by atoms with Crippen LogP contribution >= 0.6 is 11.8 Å². The van der Waals surface area contributed by atoms with E-state index < -0.39 is 0 Å². The second kappa shape index (κ2) is 6.70. The average Bonchev–Trinajstić information content (AvgIpc) is 2.46. The molecule has 0 unspecified atom stereocenters. The molecule has 0 atom stereocenters. The molecule has 0 fully saturated rings. The van der Waals surface area contributed by atoms with Crippen molar-refractivity contribution in [1.29, 1.82) is 5.26 Å². The summed E-state index contributed by atoms with van der Waals surface area (Å²) in [6.45, 7) is 7.11. The monoisotopic (exact) mass is 298 g/mol. The van der Waals surface area contributed by atoms with Gasteiger partial charge in [0.25, 0.3) is 0 Å². The summed E-state index contributed by atoms with van der Waals surface area (Å²) in [7, 11) is 0. The molecule has 0 bridgehead atoms. The van der Waals surface area contributed by atoms with Crippen LogP contribution in [0, 0.1) is 11.3 Å². The summed E-state index contributed by atoms with van der Waals surface area (Å²) in [5, 5.41) is 13.5. The first kappa shape index (κ1) is 15.5. The number of rotatable bonds is 4. The molecule has 1 aromatic heterocycles. The summed E-state index contributed by atoms with van der Waals surface area (Å²) in [6, 6.07) is 8.19. The summed E-state index contributed by atoms with van der Waals surface area (Å²) in [4.78, 5) is 9.15. The van der Waals surface area contributed by atoms with Crippen LogP contribution < -0.4 is 5.32 Å². The van der Waals surface area contributed by atoms with E-state index in [2.05, 4.69) is 42.1 Å². The molecule has 0 amide bonds. The topological polar surface area (TPSA) is 61.6 Å². The Labute approximate surface area is 129 Å². The molecule has 0 saturated carbocycles. The molecule has 108 valence electrons. The largest absolute Gasteiger partial charge is 0.308 e. The van der Waals surface area contributed by atoms with Crippen molar-refractivity contribution in [3.05, 3.63) is 47.9 Å². The van der Waals surface area contributed by atoms with Gasteiger partial charge in [0, 0.05) is 29.4 Å². The van der Waals surface area contributed by atoms with E-state index in [1.165, 1.54) is 11.8 Å². The van der Waals surface area contributed by atoms with E-state index in [4.69, 9.17) is 0 Å². The van der Waals surface area contributed by atoms with Crippen molar-refractivity contribution in [2.24, 2.45) is 0 Å². The minimum Gasteiger partial charge on any atom is -0.308 e. The van der Waals surface area contributed by atoms with Crippen LogP contribution in [0.4, 0.5) is 0 Å². The van der Waals surface area contributed by atoms with Crippen LogP contribution in [0.2, 0.25) is 0 Å². The van der Waals surface area contributed by atoms with Gasteiger partial charge in [-0.25, -0.2) is 4.98 Å². The minimum atomic E-state index is 0.0554. The van der Waals surface area contributed by atoms with Crippen molar-refractivity contribution in [3.63, 3.8) is 0 Å². The lowest BCUT2D eigenvalue weighted by molar-refractivity contribution is 0.424. The molecule has 5 heteroatoms. The third kappa shape index (κ3) is 4.85. The average molecular weight is 298 g/mol. The Morgan fingerprint density at radius 3 is 2.71 bits per heavy atom. The van der Waals surface area contributed by atoms with Crippen molar-refractivity contribution in [1.82, 2.24) is 15.3 Å². The van der Waals surface area contributed by atoms with Crippen LogP contribution in [0.5, 0.6) is 0 Å². The molecule has 0 aliphatic carbocycles. The van der Waals surface area contributed by atoms with E-state index in [1.807, 2.05) is 18.2 Å². The molecule has 0 aliphatic heterocycles. The molecule has 0 saturated heterocycles. The molecule has 1 aromatic carbocycles. The lowest BCUT2D eigenvalue weighted by Crippen LogP contribution is -2.35. The number of aromatic nitrogens is 2. The van der Waals surface area contributed by atoms with Crippen molar-refractivity contribution >= 4 is 11.8 Å². The van der Waals surface area contributed by atoms with Gasteiger partial charge in [0.1, 0.15) is 11.1 Å². The molecule has 1 N–H and O–H groups in total. The van der Waals surface area contributed by atoms with Crippen molar-refractivity contribution in [2.75, 3.05) is 0 Å². The Hall–Kier alpha value is -1.90. The number of nitrogens with zero attached hydrogens (tertiary/aromatic N) is 3. The second-order valence-corrected chi connectivity index (χ2v) is 6.75. The fraction of sp³-hybridized carbons (Fsp3) is 0.312. The number of benzene rings is 1. The Bertz CT molecular complexity index is 642. The predicted octanol–water partition coefficient (Wildman–Crippen LogP) is 3.39. The lowest BCUT2D eigenvalue weighted by atomic mass is 10.1. The number of hydrogen-bond acceptors (Lipinski definition) is 5. The van der Waals surface area contributed by atoms with Gasteiger partial charge in [-0.3, -0.25) is 4.98 Å². The van der Waals surface area contributed by atoms with Gasteiger partial charge in [-0.1, -0.05) is 17.8 Å². The van der Waals surface area contributed by atoms with Gasteiger partial charge < -0.3 is 5.32 Å². The lowest BCUT2D eigenvalue weighted by Gasteiger charge is -2.20. The molecule has 21 heavy (non-hydrogen) atoms. The van der Waals surface area contributed by atoms with Crippen LogP contribution in [0.1, 0.15) is 31.9 Å². The van der Waals surface area contributed by atoms with E-state index in [9.17, 15) is 5.26 Å². The second-order valence-electron chi connectivity index (χ2n) is 5.69. The highest BCUT2D eigenvalue weighted by molar-refractivity contribution is 7.99. The summed E-state index contributed by atoms with van der Waals surface area (Å²) in [6.07, 6.45) is 4.98. The van der Waals surface area contributed by atoms with Gasteiger partial charge in [-0.15, -0.1) is 0 Å². The standard InChI is InChI=1S/C16H18N4S/c1-16(2,3)20-10-12-4-5-14(13(8-12)9-17)21-15-11-18-6-7-19-15/h4-8,11,20H,10H2,1-3H3. The zero-order chi connectivity index (χ0) is 15.3. The van der Waals surface area contributed by atoms with Crippen LogP contribution in [0.25, 0.3) is 0 Å². The van der Waals surface area contributed by atoms with Crippen molar-refractivity contribution < 1.29 is 0 Å². The molecule has 2 aromatic rings. The molecule has 0 spiro atoms. The predicted molar refractivity (Wildman–Crippen MR) is 83.9 cm³/mol. The molecular formula is C16H18N4S. The van der Waals surface area contributed by atoms with Gasteiger partial charge >= 0.3 is 0 Å². The maximum atomic E-state index is 9.33. The first-order valence-electron chi connectivity index (χ1n) is 6.70. The van der Waals surface area contributed by atoms with E-state index in [1.54, 1.807) is 18.6 Å². The molecule has 0 aliphatic rings. The van der Waals surface area contributed by atoms with Crippen molar-refractivity contribution in [2.45, 2.75) is 42.8 Å². The smallest absolute Gasteiger partial charge is 0.119 e. The number of hydrogen-bond donors (Lipinski definition) is 1. The normalized spacial score (nSPS) is 11.1. The van der Waals surface area contributed by atoms with E-state index in [0.717, 1.165) is 22.0 Å². The fourth-order valence-electron chi connectivity index (χ4n) is 1.68. The molecule has 0 radical (unpaired) electrons. The molecular weight excluding hydrogens is 280 g/mol. The number of nitrogens with one attached hydrogen (secondary N) is 1. The highest BCUT2D eigenvalue weighted by Gasteiger charge is 2.10. The van der Waals surface area contributed by atoms with E-state index in [-0.39, 0.29) is 5.54 Å². The van der Waals surface area contributed by atoms with E-state index in [0.29, 0.717) is 5.56 Å². The molecule has 1 heterocycles. The van der Waals surface area contributed by atoms with E-state index >= 15 is 0 Å². The molecule has 2 rings (SSSR count). The van der Waals surface area contributed by atoms with Crippen LogP contribution in [-0.4, -0.2) is 15.5 Å². The summed E-state index contributed by atoms with van der Waals surface area (Å²) in [5.74, 6) is 0. The highest BCUT2D eigenvalue weighted by atomic mass is 32.2. The van der Waals surface area contributed by atoms with Gasteiger partial charge in [0.05, 0.1) is 11.8 Å². The third-order valence-electron chi connectivity index (χ3n) is 2.74. The zero-order valence-electron chi connectivity index (χ0n) is 12.4. The van der Waals surface area contributed by atoms with Gasteiger partial charge in [0.2, 0.25) is 0 Å². The fourth-order valence-corrected chi connectivity index (χ4v) is 2.48. The summed E-state index contributed by atoms with van der Waals surface area (Å²) < 4.78 is 0. The quantitative estimate of drug-likeness (QED) is 0.937. The minimum absolute atomic E-state index is 0.0554. The van der Waals surface area contributed by atoms with Gasteiger partial charge in [-0.05, 0) is 38.5 Å². The maximum absolute atomic E-state index is 9.33. The van der Waals surface area contributed by atoms with Gasteiger partial charge in [0.15, 0.2) is 0 Å². The summed E-state index contributed by atoms with van der Waals surface area (Å²) >= 11 is 1.45. The first-order valence-corrected chi connectivity index (χ1v) is 7.51. The van der Waals surface area contributed by atoms with Crippen LogP contribution in [-0.2, 0) is 6.54 Å². The number of nitriles is 1. The highest BCUT2D eigenvalue weighted by Crippen LogP contribution is 2.28. The Morgan fingerprint density at radius 1 is 1.29 bits per heavy atom. The van der Waals surface area contributed by atoms with Crippen molar-refractivity contribution in [3.8, 4) is 6.07 Å². The van der Waals surface area contributed by atoms with Crippen LogP contribution in [0.15, 0.2) is 46.7 Å². The Balaban J connectivity index is 2.15. The third-order valence-corrected chi connectivity index (χ3v) is 3.74.